The zero-order valence-electron chi connectivity index (χ0n) is 21.1. The highest BCUT2D eigenvalue weighted by Crippen LogP contribution is 2.17. The maximum atomic E-state index is 8.84. The quantitative estimate of drug-likeness (QED) is 0.310. The minimum atomic E-state index is 0.358. The molecule has 5 rings (SSSR count). The zero-order valence-corrected chi connectivity index (χ0v) is 21.1. The van der Waals surface area contributed by atoms with E-state index in [-0.39, 0.29) is 0 Å². The van der Waals surface area contributed by atoms with Crippen LogP contribution in [0.15, 0.2) is 122 Å². The van der Waals surface area contributed by atoms with Gasteiger partial charge in [0.2, 0.25) is 13.1 Å². The second-order valence-electron chi connectivity index (χ2n) is 9.17. The van der Waals surface area contributed by atoms with Crippen molar-refractivity contribution in [3.05, 3.63) is 133 Å². The lowest BCUT2D eigenvalue weighted by atomic mass is 10.1. The lowest BCUT2D eigenvalue weighted by Crippen LogP contribution is -2.34. The molecule has 4 aromatic heterocycles. The van der Waals surface area contributed by atoms with Gasteiger partial charge in [-0.1, -0.05) is 18.2 Å². The highest BCUT2D eigenvalue weighted by atomic mass is 14.9. The van der Waals surface area contributed by atoms with Gasteiger partial charge in [0.05, 0.1) is 0 Å². The number of pyridine rings is 4. The molecule has 182 valence electrons. The standard InChI is InChI=1S/C32H28N6/c33-12-22-35-14-4-29(5-15-35)31-8-18-37(19-9-31)25-27-2-1-3-28(24-27)26-38-20-10-32(11-21-38)30-6-16-36(17-7-30)23-13-34/h1-11,14-21,24H,22-23,25-26H2/q+4. The van der Waals surface area contributed by atoms with E-state index < -0.39 is 0 Å². The van der Waals surface area contributed by atoms with Crippen LogP contribution in [0.2, 0.25) is 0 Å². The first-order valence-corrected chi connectivity index (χ1v) is 12.5. The van der Waals surface area contributed by atoms with Gasteiger partial charge in [0.25, 0.3) is 0 Å². The largest absolute Gasteiger partial charge is 0.233 e. The Morgan fingerprint density at radius 1 is 0.447 bits per heavy atom. The topological polar surface area (TPSA) is 63.1 Å². The van der Waals surface area contributed by atoms with E-state index in [1.54, 1.807) is 0 Å². The molecule has 0 N–H and O–H groups in total. The van der Waals surface area contributed by atoms with Crippen molar-refractivity contribution in [1.82, 2.24) is 0 Å². The Morgan fingerprint density at radius 3 is 1.08 bits per heavy atom. The summed E-state index contributed by atoms with van der Waals surface area (Å²) < 4.78 is 8.10. The summed E-state index contributed by atoms with van der Waals surface area (Å²) in [5.41, 5.74) is 7.07. The zero-order chi connectivity index (χ0) is 26.2. The molecule has 0 atom stereocenters. The molecule has 0 aliphatic rings. The predicted octanol–water partition coefficient (Wildman–Crippen LogP) is 3.31. The van der Waals surface area contributed by atoms with Crippen molar-refractivity contribution < 1.29 is 18.3 Å². The Balaban J connectivity index is 1.22. The maximum absolute atomic E-state index is 8.84. The maximum Gasteiger partial charge on any atom is 0.233 e. The molecule has 38 heavy (non-hydrogen) atoms. The van der Waals surface area contributed by atoms with Crippen molar-refractivity contribution in [2.24, 2.45) is 0 Å². The van der Waals surface area contributed by atoms with Gasteiger partial charge in [-0.2, -0.15) is 19.7 Å². The van der Waals surface area contributed by atoms with Gasteiger partial charge in [-0.25, -0.2) is 9.13 Å². The molecule has 6 nitrogen and oxygen atoms in total. The summed E-state index contributed by atoms with van der Waals surface area (Å²) in [4.78, 5) is 0. The van der Waals surface area contributed by atoms with Crippen molar-refractivity contribution in [3.63, 3.8) is 0 Å². The highest BCUT2D eigenvalue weighted by Gasteiger charge is 2.10. The molecule has 0 saturated carbocycles. The molecule has 4 heterocycles. The molecule has 0 aliphatic carbocycles. The van der Waals surface area contributed by atoms with Gasteiger partial charge in [-0.05, 0) is 28.3 Å². The van der Waals surface area contributed by atoms with Gasteiger partial charge in [0, 0.05) is 59.7 Å². The van der Waals surface area contributed by atoms with Crippen LogP contribution < -0.4 is 18.3 Å². The minimum absolute atomic E-state index is 0.358. The summed E-state index contributed by atoms with van der Waals surface area (Å²) in [7, 11) is 0. The average Bonchev–Trinajstić information content (AvgIpc) is 2.95. The van der Waals surface area contributed by atoms with Crippen molar-refractivity contribution in [1.29, 1.82) is 10.5 Å². The first kappa shape index (κ1) is 24.5. The molecule has 6 heteroatoms. The van der Waals surface area contributed by atoms with Crippen LogP contribution in [0.3, 0.4) is 0 Å². The van der Waals surface area contributed by atoms with E-state index in [0.29, 0.717) is 13.1 Å². The van der Waals surface area contributed by atoms with Crippen molar-refractivity contribution in [3.8, 4) is 34.4 Å². The lowest BCUT2D eigenvalue weighted by molar-refractivity contribution is -0.689. The molecular formula is C32H28N6+4. The van der Waals surface area contributed by atoms with Crippen molar-refractivity contribution in [2.75, 3.05) is 0 Å². The second-order valence-corrected chi connectivity index (χ2v) is 9.17. The average molecular weight is 497 g/mol. The number of aromatic nitrogens is 4. The molecule has 0 fully saturated rings. The van der Waals surface area contributed by atoms with Gasteiger partial charge in [-0.3, -0.25) is 0 Å². The fraction of sp³-hybridized carbons (Fsp3) is 0.125. The van der Waals surface area contributed by atoms with Crippen LogP contribution >= 0.6 is 0 Å². The number of rotatable bonds is 8. The number of nitriles is 2. The van der Waals surface area contributed by atoms with Crippen LogP contribution in [0.1, 0.15) is 11.1 Å². The van der Waals surface area contributed by atoms with E-state index in [9.17, 15) is 0 Å². The molecular weight excluding hydrogens is 468 g/mol. The Hall–Kier alpha value is -5.20. The summed E-state index contributed by atoms with van der Waals surface area (Å²) in [5, 5.41) is 17.7. The van der Waals surface area contributed by atoms with Gasteiger partial charge in [0.1, 0.15) is 12.1 Å². The molecule has 0 radical (unpaired) electrons. The summed E-state index contributed by atoms with van der Waals surface area (Å²) in [5.74, 6) is 0. The van der Waals surface area contributed by atoms with Crippen molar-refractivity contribution >= 4 is 0 Å². The van der Waals surface area contributed by atoms with Crippen LogP contribution in [0.4, 0.5) is 0 Å². The third kappa shape index (κ3) is 6.13. The fourth-order valence-electron chi connectivity index (χ4n) is 4.43. The lowest BCUT2D eigenvalue weighted by Gasteiger charge is -2.04. The summed E-state index contributed by atoms with van der Waals surface area (Å²) >= 11 is 0. The third-order valence-corrected chi connectivity index (χ3v) is 6.46. The van der Waals surface area contributed by atoms with E-state index in [1.165, 1.54) is 11.1 Å². The number of hydrogen-bond acceptors (Lipinski definition) is 2. The van der Waals surface area contributed by atoms with E-state index >= 15 is 0 Å². The van der Waals surface area contributed by atoms with Crippen LogP contribution in [-0.4, -0.2) is 0 Å². The molecule has 0 aliphatic heterocycles. The molecule has 0 unspecified atom stereocenters. The number of nitrogens with zero attached hydrogens (tertiary/aromatic N) is 6. The Bertz CT molecular complexity index is 1470. The first-order valence-electron chi connectivity index (χ1n) is 12.5. The van der Waals surface area contributed by atoms with Crippen LogP contribution in [-0.2, 0) is 26.2 Å². The van der Waals surface area contributed by atoms with Crippen LogP contribution in [0.25, 0.3) is 22.3 Å². The number of hydrogen-bond donors (Lipinski definition) is 0. The predicted molar refractivity (Wildman–Crippen MR) is 140 cm³/mol. The highest BCUT2D eigenvalue weighted by molar-refractivity contribution is 5.61. The molecule has 1 aromatic carbocycles. The van der Waals surface area contributed by atoms with Gasteiger partial charge < -0.3 is 0 Å². The van der Waals surface area contributed by atoms with Gasteiger partial charge in [0.15, 0.2) is 62.7 Å². The van der Waals surface area contributed by atoms with E-state index in [1.807, 2.05) is 58.2 Å². The monoisotopic (exact) mass is 496 g/mol. The molecule has 0 spiro atoms. The minimum Gasteiger partial charge on any atom is -0.201 e. The van der Waals surface area contributed by atoms with Crippen LogP contribution in [0, 0.1) is 22.7 Å². The number of benzene rings is 1. The molecule has 0 saturated heterocycles. The Labute approximate surface area is 222 Å². The molecule has 0 amide bonds. The first-order chi connectivity index (χ1) is 18.7. The molecule has 5 aromatic rings. The fourth-order valence-corrected chi connectivity index (χ4v) is 4.43. The smallest absolute Gasteiger partial charge is 0.201 e. The van der Waals surface area contributed by atoms with Gasteiger partial charge >= 0.3 is 0 Å². The second kappa shape index (κ2) is 11.7. The van der Waals surface area contributed by atoms with E-state index in [0.717, 1.165) is 35.3 Å². The van der Waals surface area contributed by atoms with Crippen molar-refractivity contribution in [2.45, 2.75) is 26.2 Å². The van der Waals surface area contributed by atoms with Crippen LogP contribution in [0.5, 0.6) is 0 Å². The van der Waals surface area contributed by atoms with E-state index in [2.05, 4.69) is 94.6 Å². The third-order valence-electron chi connectivity index (χ3n) is 6.46. The molecule has 0 bridgehead atoms. The normalized spacial score (nSPS) is 10.5. The summed E-state index contributed by atoms with van der Waals surface area (Å²) in [6, 6.07) is 29.7. The summed E-state index contributed by atoms with van der Waals surface area (Å²) in [6.45, 7) is 2.32. The van der Waals surface area contributed by atoms with E-state index in [4.69, 9.17) is 10.5 Å². The summed E-state index contributed by atoms with van der Waals surface area (Å²) in [6.07, 6.45) is 16.2. The van der Waals surface area contributed by atoms with Gasteiger partial charge in [-0.15, -0.1) is 0 Å². The Morgan fingerprint density at radius 2 is 0.763 bits per heavy atom. The Kier molecular flexibility index (Phi) is 7.53. The SMILES string of the molecule is N#CC[n+]1ccc(-c2cc[n+](Cc3cccc(C[n+]4ccc(-c5cc[n+](CC#N)cc5)cc4)c3)cc2)cc1.